The minimum Gasteiger partial charge on any atom is -0.380 e. The van der Waals surface area contributed by atoms with E-state index in [1.165, 1.54) is 0 Å². The Labute approximate surface area is 102 Å². The first-order chi connectivity index (χ1) is 8.20. The second kappa shape index (κ2) is 11.5. The highest BCUT2D eigenvalue weighted by Crippen LogP contribution is 1.80. The number of likely N-dealkylation sites (N-methyl/N-ethyl adjacent to an activating group) is 1. The maximum Gasteiger partial charge on any atom is 0.246 e. The molecule has 0 spiro atoms. The lowest BCUT2D eigenvalue weighted by Gasteiger charge is -2.06. The van der Waals surface area contributed by atoms with Crippen LogP contribution in [0.2, 0.25) is 0 Å². The molecule has 0 fully saturated rings. The molecule has 0 bridgehead atoms. The van der Waals surface area contributed by atoms with Crippen LogP contribution in [-0.2, 0) is 19.1 Å². The molecule has 0 unspecified atom stereocenters. The Balaban J connectivity index is 3.31. The molecule has 0 aliphatic heterocycles. The zero-order chi connectivity index (χ0) is 12.9. The van der Waals surface area contributed by atoms with Crippen molar-refractivity contribution in [3.63, 3.8) is 0 Å². The lowest BCUT2D eigenvalue weighted by molar-refractivity contribution is -0.129. The molecule has 6 heteroatoms. The average Bonchev–Trinajstić information content (AvgIpc) is 2.29. The highest BCUT2D eigenvalue weighted by Gasteiger charge is 2.03. The van der Waals surface area contributed by atoms with E-state index < -0.39 is 0 Å². The molecule has 6 nitrogen and oxygen atoms in total. The molecule has 17 heavy (non-hydrogen) atoms. The number of carbonyl (C=O) groups excluding carboxylic acids is 2. The highest BCUT2D eigenvalue weighted by molar-refractivity contribution is 5.82. The molecule has 0 aliphatic carbocycles. The molecule has 0 saturated carbocycles. The summed E-state index contributed by atoms with van der Waals surface area (Å²) in [5, 5.41) is 5.34. The van der Waals surface area contributed by atoms with Crippen molar-refractivity contribution < 1.29 is 19.1 Å². The summed E-state index contributed by atoms with van der Waals surface area (Å²) in [5.41, 5.74) is 0. The second-order valence-electron chi connectivity index (χ2n) is 3.52. The van der Waals surface area contributed by atoms with Crippen LogP contribution >= 0.6 is 0 Å². The van der Waals surface area contributed by atoms with Gasteiger partial charge in [-0.2, -0.15) is 0 Å². The van der Waals surface area contributed by atoms with Gasteiger partial charge in [-0.25, -0.2) is 0 Å². The van der Waals surface area contributed by atoms with E-state index in [1.54, 1.807) is 7.05 Å². The van der Waals surface area contributed by atoms with E-state index in [9.17, 15) is 9.59 Å². The Kier molecular flexibility index (Phi) is 10.8. The number of amides is 1. The van der Waals surface area contributed by atoms with Gasteiger partial charge < -0.3 is 20.1 Å². The fraction of sp³-hybridized carbons (Fsp3) is 0.818. The first kappa shape index (κ1) is 16.0. The van der Waals surface area contributed by atoms with Crippen molar-refractivity contribution in [1.29, 1.82) is 0 Å². The van der Waals surface area contributed by atoms with Gasteiger partial charge in [0.2, 0.25) is 5.91 Å². The van der Waals surface area contributed by atoms with Gasteiger partial charge in [0.1, 0.15) is 13.2 Å². The van der Waals surface area contributed by atoms with Gasteiger partial charge in [0.25, 0.3) is 0 Å². The number of nitrogens with one attached hydrogen (secondary N) is 2. The normalized spacial score (nSPS) is 10.2. The Morgan fingerprint density at radius 2 is 1.88 bits per heavy atom. The third kappa shape index (κ3) is 11.3. The van der Waals surface area contributed by atoms with Crippen LogP contribution in [0.1, 0.15) is 13.3 Å². The summed E-state index contributed by atoms with van der Waals surface area (Å²) in [5.74, 6) is -0.311. The van der Waals surface area contributed by atoms with Crippen molar-refractivity contribution in [1.82, 2.24) is 10.6 Å². The third-order valence-corrected chi connectivity index (χ3v) is 1.79. The van der Waals surface area contributed by atoms with Gasteiger partial charge in [0.05, 0.1) is 13.2 Å². The van der Waals surface area contributed by atoms with E-state index in [0.717, 1.165) is 6.42 Å². The van der Waals surface area contributed by atoms with Crippen LogP contribution in [0.25, 0.3) is 0 Å². The van der Waals surface area contributed by atoms with Crippen LogP contribution < -0.4 is 10.6 Å². The van der Waals surface area contributed by atoms with Crippen molar-refractivity contribution >= 4 is 11.7 Å². The largest absolute Gasteiger partial charge is 0.380 e. The molecule has 100 valence electrons. The molecule has 2 N–H and O–H groups in total. The predicted molar refractivity (Wildman–Crippen MR) is 63.9 cm³/mol. The van der Waals surface area contributed by atoms with Crippen molar-refractivity contribution in [3.8, 4) is 0 Å². The van der Waals surface area contributed by atoms with Crippen LogP contribution in [0.5, 0.6) is 0 Å². The summed E-state index contributed by atoms with van der Waals surface area (Å²) in [6, 6.07) is 0. The predicted octanol–water partition coefficient (Wildman–Crippen LogP) is -0.666. The van der Waals surface area contributed by atoms with Gasteiger partial charge in [0, 0.05) is 13.2 Å². The minimum absolute atomic E-state index is 0.0411. The highest BCUT2D eigenvalue weighted by atomic mass is 16.5. The molecule has 0 aromatic carbocycles. The van der Waals surface area contributed by atoms with Gasteiger partial charge in [0.15, 0.2) is 5.78 Å². The zero-order valence-corrected chi connectivity index (χ0v) is 10.6. The number of ether oxygens (including phenoxy) is 2. The van der Waals surface area contributed by atoms with E-state index in [1.807, 2.05) is 6.92 Å². The monoisotopic (exact) mass is 246 g/mol. The summed E-state index contributed by atoms with van der Waals surface area (Å²) in [4.78, 5) is 22.2. The molecular formula is C11H22N2O4. The molecule has 0 radical (unpaired) electrons. The molecule has 0 aliphatic rings. The molecule has 0 saturated heterocycles. The van der Waals surface area contributed by atoms with Gasteiger partial charge in [-0.3, -0.25) is 9.59 Å². The Morgan fingerprint density at radius 3 is 2.53 bits per heavy atom. The van der Waals surface area contributed by atoms with Crippen molar-refractivity contribution in [2.45, 2.75) is 13.3 Å². The second-order valence-corrected chi connectivity index (χ2v) is 3.52. The van der Waals surface area contributed by atoms with Gasteiger partial charge >= 0.3 is 0 Å². The fourth-order valence-corrected chi connectivity index (χ4v) is 1.07. The van der Waals surface area contributed by atoms with Gasteiger partial charge in [-0.1, -0.05) is 6.92 Å². The quantitative estimate of drug-likeness (QED) is 0.473. The zero-order valence-electron chi connectivity index (χ0n) is 10.6. The van der Waals surface area contributed by atoms with Crippen molar-refractivity contribution in [2.24, 2.45) is 0 Å². The Morgan fingerprint density at radius 1 is 1.12 bits per heavy atom. The fourth-order valence-electron chi connectivity index (χ4n) is 1.07. The summed E-state index contributed by atoms with van der Waals surface area (Å²) in [6.07, 6.45) is 0.963. The molecular weight excluding hydrogens is 224 g/mol. The third-order valence-electron chi connectivity index (χ3n) is 1.79. The van der Waals surface area contributed by atoms with Crippen molar-refractivity contribution in [2.75, 3.05) is 46.6 Å². The minimum atomic E-state index is -0.234. The van der Waals surface area contributed by atoms with Crippen LogP contribution in [0.3, 0.4) is 0 Å². The van der Waals surface area contributed by atoms with Gasteiger partial charge in [-0.05, 0) is 13.5 Å². The molecule has 0 aromatic heterocycles. The molecule has 0 heterocycles. The lowest BCUT2D eigenvalue weighted by atomic mass is 10.4. The number of Topliss-reactive ketones (excluding diaryl/α,β-unsaturated/α-hetero) is 1. The van der Waals surface area contributed by atoms with Crippen LogP contribution in [0.15, 0.2) is 0 Å². The van der Waals surface area contributed by atoms with E-state index in [4.69, 9.17) is 9.47 Å². The topological polar surface area (TPSA) is 76.7 Å². The van der Waals surface area contributed by atoms with Crippen LogP contribution in [0.4, 0.5) is 0 Å². The van der Waals surface area contributed by atoms with Crippen LogP contribution in [-0.4, -0.2) is 58.3 Å². The number of ketones is 1. The SMILES string of the molecule is CCCOCCNC(=O)COCC(=O)CNC. The average molecular weight is 246 g/mol. The van der Waals surface area contributed by atoms with E-state index >= 15 is 0 Å². The first-order valence-electron chi connectivity index (χ1n) is 5.79. The van der Waals surface area contributed by atoms with Gasteiger partial charge in [-0.15, -0.1) is 0 Å². The molecule has 1 amide bonds. The number of rotatable bonds is 11. The first-order valence-corrected chi connectivity index (χ1v) is 5.79. The maximum atomic E-state index is 11.2. The lowest BCUT2D eigenvalue weighted by Crippen LogP contribution is -2.32. The van der Waals surface area contributed by atoms with E-state index in [0.29, 0.717) is 19.8 Å². The summed E-state index contributed by atoms with van der Waals surface area (Å²) in [7, 11) is 1.68. The number of hydrogen-bond acceptors (Lipinski definition) is 5. The Bertz CT molecular complexity index is 222. The summed E-state index contributed by atoms with van der Waals surface area (Å²) in [6.45, 7) is 3.81. The standard InChI is InChI=1S/C11H22N2O4/c1-3-5-16-6-4-13-11(15)9-17-8-10(14)7-12-2/h12H,3-9H2,1-2H3,(H,13,15). The smallest absolute Gasteiger partial charge is 0.246 e. The molecule has 0 atom stereocenters. The van der Waals surface area contributed by atoms with E-state index in [-0.39, 0.29) is 31.4 Å². The molecule has 0 rings (SSSR count). The van der Waals surface area contributed by atoms with Crippen LogP contribution in [0, 0.1) is 0 Å². The maximum absolute atomic E-state index is 11.2. The van der Waals surface area contributed by atoms with Crippen molar-refractivity contribution in [3.05, 3.63) is 0 Å². The van der Waals surface area contributed by atoms with E-state index in [2.05, 4.69) is 10.6 Å². The summed E-state index contributed by atoms with van der Waals surface area (Å²) < 4.78 is 10.1. The summed E-state index contributed by atoms with van der Waals surface area (Å²) >= 11 is 0. The Hall–Kier alpha value is -0.980. The number of hydrogen-bond donors (Lipinski definition) is 2. The number of carbonyl (C=O) groups is 2. The molecule has 0 aromatic rings.